The van der Waals surface area contributed by atoms with E-state index in [1.165, 1.54) is 17.1 Å². The van der Waals surface area contributed by atoms with Gasteiger partial charge in [0.2, 0.25) is 0 Å². The molecule has 0 bridgehead atoms. The molecule has 0 radical (unpaired) electrons. The van der Waals surface area contributed by atoms with Crippen LogP contribution in [0.5, 0.6) is 0 Å². The molecule has 0 spiro atoms. The smallest absolute Gasteiger partial charge is 0.382 e. The maximum absolute atomic E-state index is 13.4. The summed E-state index contributed by atoms with van der Waals surface area (Å²) >= 11 is 6.08. The van der Waals surface area contributed by atoms with Crippen LogP contribution in [0.2, 0.25) is 5.02 Å². The van der Waals surface area contributed by atoms with Gasteiger partial charge in [-0.3, -0.25) is 9.80 Å². The van der Waals surface area contributed by atoms with E-state index in [1.807, 2.05) is 6.07 Å². The van der Waals surface area contributed by atoms with Crippen LogP contribution < -0.4 is 11.2 Å². The molecule has 176 valence electrons. The van der Waals surface area contributed by atoms with Gasteiger partial charge in [0, 0.05) is 27.7 Å². The molecule has 1 amide bonds. The zero-order valence-electron chi connectivity index (χ0n) is 17.9. The maximum atomic E-state index is 13.4. The molecule has 34 heavy (non-hydrogen) atoms. The van der Waals surface area contributed by atoms with Crippen LogP contribution in [0.25, 0.3) is 10.9 Å². The van der Waals surface area contributed by atoms with Gasteiger partial charge in [0.25, 0.3) is 5.91 Å². The minimum Gasteiger partial charge on any atom is -0.382 e. The predicted octanol–water partition coefficient (Wildman–Crippen LogP) is 5.52. The first-order valence-corrected chi connectivity index (χ1v) is 11.1. The number of nitrogens with two attached hydrogens (primary N) is 1. The summed E-state index contributed by atoms with van der Waals surface area (Å²) in [6.07, 6.45) is -2.01. The number of carbonyl (C=O) groups excluding carboxylic acids is 1. The first kappa shape index (κ1) is 23.8. The van der Waals surface area contributed by atoms with Gasteiger partial charge >= 0.3 is 6.18 Å². The number of nitrogens with zero attached hydrogens (tertiary/aromatic N) is 3. The third-order valence-corrected chi connectivity index (χ3v) is 6.19. The van der Waals surface area contributed by atoms with Gasteiger partial charge in [-0.2, -0.15) is 18.4 Å². The number of nitriles is 1. The molecule has 0 saturated heterocycles. The SMILES string of the molecule is N#Cc1ccc(C(=O)N(N)[C@@H]2CCC[C@H](Nc3cc(C(F)(F)F)nc4ccc(Cl)cc34)C2)cc1. The van der Waals surface area contributed by atoms with Crippen molar-refractivity contribution in [2.75, 3.05) is 5.32 Å². The number of hydrogen-bond acceptors (Lipinski definition) is 5. The third-order valence-electron chi connectivity index (χ3n) is 5.96. The standard InChI is InChI=1S/C24H21ClF3N5O/c25-16-8-9-20-19(10-16)21(12-22(32-20)24(26,27)28)31-17-2-1-3-18(11-17)33(30)23(34)15-6-4-14(13-29)5-7-15/h4-10,12,17-18H,1-3,11,30H2,(H,31,32)/t17-,18+/m0/s1. The highest BCUT2D eigenvalue weighted by atomic mass is 35.5. The molecule has 2 atom stereocenters. The zero-order valence-corrected chi connectivity index (χ0v) is 18.7. The van der Waals surface area contributed by atoms with Crippen LogP contribution in [0.15, 0.2) is 48.5 Å². The minimum absolute atomic E-state index is 0.186. The van der Waals surface area contributed by atoms with E-state index in [1.54, 1.807) is 30.3 Å². The number of fused-ring (bicyclic) bond motifs is 1. The summed E-state index contributed by atoms with van der Waals surface area (Å²) in [5.74, 6) is 5.78. The Hall–Kier alpha value is -3.35. The highest BCUT2D eigenvalue weighted by Gasteiger charge is 2.34. The van der Waals surface area contributed by atoms with Gasteiger partial charge in [-0.1, -0.05) is 11.6 Å². The number of halogens is 4. The normalized spacial score (nSPS) is 18.4. The lowest BCUT2D eigenvalue weighted by atomic mass is 9.90. The van der Waals surface area contributed by atoms with E-state index in [2.05, 4.69) is 10.3 Å². The topological polar surface area (TPSA) is 95.0 Å². The molecule has 1 fully saturated rings. The number of nitrogens with one attached hydrogen (secondary N) is 1. The van der Waals surface area contributed by atoms with Crippen LogP contribution in [0.1, 0.15) is 47.3 Å². The van der Waals surface area contributed by atoms with E-state index in [4.69, 9.17) is 22.7 Å². The van der Waals surface area contributed by atoms with Gasteiger partial charge < -0.3 is 5.32 Å². The average Bonchev–Trinajstić information content (AvgIpc) is 2.83. The molecule has 1 aromatic heterocycles. The number of anilines is 1. The van der Waals surface area contributed by atoms with Gasteiger partial charge in [0.15, 0.2) is 0 Å². The molecule has 0 aliphatic heterocycles. The van der Waals surface area contributed by atoms with Crippen molar-refractivity contribution in [1.29, 1.82) is 5.26 Å². The van der Waals surface area contributed by atoms with E-state index in [0.717, 1.165) is 12.5 Å². The summed E-state index contributed by atoms with van der Waals surface area (Å²) in [5, 5.41) is 14.2. The predicted molar refractivity (Wildman–Crippen MR) is 123 cm³/mol. The Morgan fingerprint density at radius 1 is 1.18 bits per heavy atom. The summed E-state index contributed by atoms with van der Waals surface area (Å²) in [5.41, 5.74) is 0.276. The largest absolute Gasteiger partial charge is 0.433 e. The van der Waals surface area contributed by atoms with Crippen molar-refractivity contribution in [3.63, 3.8) is 0 Å². The van der Waals surface area contributed by atoms with Crippen LogP contribution >= 0.6 is 11.6 Å². The number of carbonyl (C=O) groups is 1. The molecular formula is C24H21ClF3N5O. The number of pyridine rings is 1. The summed E-state index contributed by atoms with van der Waals surface area (Å²) in [6, 6.07) is 13.2. The molecule has 1 saturated carbocycles. The summed E-state index contributed by atoms with van der Waals surface area (Å²) in [4.78, 5) is 16.6. The van der Waals surface area contributed by atoms with Crippen molar-refractivity contribution >= 4 is 34.1 Å². The molecule has 6 nitrogen and oxygen atoms in total. The fourth-order valence-corrected chi connectivity index (χ4v) is 4.40. The average molecular weight is 488 g/mol. The molecule has 10 heteroatoms. The monoisotopic (exact) mass is 487 g/mol. The van der Waals surface area contributed by atoms with Gasteiger partial charge in [0.05, 0.1) is 23.2 Å². The Labute approximate surface area is 199 Å². The van der Waals surface area contributed by atoms with Gasteiger partial charge in [-0.25, -0.2) is 10.8 Å². The van der Waals surface area contributed by atoms with E-state index in [-0.39, 0.29) is 29.2 Å². The van der Waals surface area contributed by atoms with E-state index in [0.29, 0.717) is 40.8 Å². The molecule has 3 N–H and O–H groups in total. The zero-order chi connectivity index (χ0) is 24.5. The Morgan fingerprint density at radius 2 is 1.91 bits per heavy atom. The molecule has 1 heterocycles. The lowest BCUT2D eigenvalue weighted by molar-refractivity contribution is -0.140. The number of alkyl halides is 3. The van der Waals surface area contributed by atoms with Crippen molar-refractivity contribution < 1.29 is 18.0 Å². The fourth-order valence-electron chi connectivity index (χ4n) is 4.23. The Kier molecular flexibility index (Phi) is 6.64. The quantitative estimate of drug-likeness (QED) is 0.287. The van der Waals surface area contributed by atoms with Crippen LogP contribution in [0, 0.1) is 11.3 Å². The highest BCUT2D eigenvalue weighted by Crippen LogP contribution is 2.35. The second kappa shape index (κ2) is 9.49. The number of amides is 1. The summed E-state index contributed by atoms with van der Waals surface area (Å²) in [6.45, 7) is 0. The van der Waals surface area contributed by atoms with E-state index in [9.17, 15) is 18.0 Å². The van der Waals surface area contributed by atoms with Gasteiger partial charge in [0.1, 0.15) is 5.69 Å². The Bertz CT molecular complexity index is 1260. The molecule has 4 rings (SSSR count). The van der Waals surface area contributed by atoms with Crippen LogP contribution in [-0.4, -0.2) is 28.0 Å². The third kappa shape index (κ3) is 5.08. The lowest BCUT2D eigenvalue weighted by Crippen LogP contribution is -2.49. The van der Waals surface area contributed by atoms with Crippen molar-refractivity contribution in [2.45, 2.75) is 43.9 Å². The second-order valence-corrected chi connectivity index (χ2v) is 8.71. The van der Waals surface area contributed by atoms with Gasteiger partial charge in [-0.05, 0) is 74.2 Å². The van der Waals surface area contributed by atoms with Crippen LogP contribution in [0.4, 0.5) is 18.9 Å². The van der Waals surface area contributed by atoms with Crippen molar-refractivity contribution in [3.05, 3.63) is 70.4 Å². The molecular weight excluding hydrogens is 467 g/mol. The molecule has 1 aliphatic rings. The molecule has 1 aliphatic carbocycles. The number of aromatic nitrogens is 1. The van der Waals surface area contributed by atoms with Crippen molar-refractivity contribution in [1.82, 2.24) is 9.99 Å². The summed E-state index contributed by atoms with van der Waals surface area (Å²) < 4.78 is 40.3. The Morgan fingerprint density at radius 3 is 2.59 bits per heavy atom. The molecule has 3 aromatic rings. The van der Waals surface area contributed by atoms with Crippen molar-refractivity contribution in [3.8, 4) is 6.07 Å². The molecule has 2 aromatic carbocycles. The lowest BCUT2D eigenvalue weighted by Gasteiger charge is -2.35. The Balaban J connectivity index is 1.55. The fraction of sp³-hybridized carbons (Fsp3) is 0.292. The highest BCUT2D eigenvalue weighted by molar-refractivity contribution is 6.31. The number of hydrogen-bond donors (Lipinski definition) is 2. The molecule has 0 unspecified atom stereocenters. The van der Waals surface area contributed by atoms with Gasteiger partial charge in [-0.15, -0.1) is 0 Å². The first-order valence-electron chi connectivity index (χ1n) is 10.7. The van der Waals surface area contributed by atoms with E-state index < -0.39 is 11.9 Å². The first-order chi connectivity index (χ1) is 16.2. The van der Waals surface area contributed by atoms with Crippen molar-refractivity contribution in [2.24, 2.45) is 5.84 Å². The minimum atomic E-state index is -4.60. The summed E-state index contributed by atoms with van der Waals surface area (Å²) in [7, 11) is 0. The number of rotatable bonds is 4. The van der Waals surface area contributed by atoms with Crippen LogP contribution in [-0.2, 0) is 6.18 Å². The maximum Gasteiger partial charge on any atom is 0.433 e. The van der Waals surface area contributed by atoms with E-state index >= 15 is 0 Å². The van der Waals surface area contributed by atoms with Crippen LogP contribution in [0.3, 0.4) is 0 Å². The second-order valence-electron chi connectivity index (χ2n) is 8.28. The number of benzene rings is 2. The number of hydrazine groups is 1.